The number of hydrogen-bond donors (Lipinski definition) is 2. The molecule has 7 nitrogen and oxygen atoms in total. The molecule has 0 aliphatic heterocycles. The van der Waals surface area contributed by atoms with Crippen LogP contribution in [0.1, 0.15) is 27.9 Å². The van der Waals surface area contributed by atoms with E-state index in [1.165, 1.54) is 6.08 Å². The van der Waals surface area contributed by atoms with Crippen molar-refractivity contribution in [3.8, 4) is 11.8 Å². The van der Waals surface area contributed by atoms with Crippen molar-refractivity contribution in [3.63, 3.8) is 0 Å². The second-order valence-electron chi connectivity index (χ2n) is 7.85. The zero-order valence-corrected chi connectivity index (χ0v) is 19.8. The maximum Gasteiger partial charge on any atom is 0.319 e. The number of ketones is 1. The van der Waals surface area contributed by atoms with E-state index in [1.54, 1.807) is 37.5 Å². The topological polar surface area (TPSA) is 94.5 Å². The Balaban J connectivity index is 1.49. The van der Waals surface area contributed by atoms with E-state index in [-0.39, 0.29) is 11.8 Å². The molecule has 3 aromatic rings. The molecule has 0 heterocycles. The molecule has 35 heavy (non-hydrogen) atoms. The predicted molar refractivity (Wildman–Crippen MR) is 139 cm³/mol. The van der Waals surface area contributed by atoms with E-state index in [0.717, 1.165) is 22.6 Å². The fourth-order valence-corrected chi connectivity index (χ4v) is 3.27. The van der Waals surface area contributed by atoms with Gasteiger partial charge in [0, 0.05) is 37.1 Å². The normalized spacial score (nSPS) is 10.4. The standard InChI is InChI=1S/C28H28N4O3/c1-32(19-3-18-29)25-13-4-21(5-14-25)8-17-27(33)23-9-11-24(12-10-23)31-28(34)30-20-22-6-15-26(35-2)16-7-22/h4-17H,3,19-20H2,1-2H3,(H2,30,31,34)/b17-8+. The number of ether oxygens (including phenoxy) is 1. The Labute approximate surface area is 205 Å². The Morgan fingerprint density at radius 2 is 1.69 bits per heavy atom. The summed E-state index contributed by atoms with van der Waals surface area (Å²) in [6, 6.07) is 23.8. The van der Waals surface area contributed by atoms with E-state index in [1.807, 2.05) is 60.5 Å². The average molecular weight is 469 g/mol. The summed E-state index contributed by atoms with van der Waals surface area (Å²) in [5, 5.41) is 14.3. The van der Waals surface area contributed by atoms with Crippen molar-refractivity contribution in [2.24, 2.45) is 0 Å². The van der Waals surface area contributed by atoms with Crippen LogP contribution < -0.4 is 20.3 Å². The minimum absolute atomic E-state index is 0.129. The molecule has 0 saturated carbocycles. The molecule has 178 valence electrons. The molecule has 0 aromatic heterocycles. The van der Waals surface area contributed by atoms with E-state index in [4.69, 9.17) is 10.00 Å². The lowest BCUT2D eigenvalue weighted by atomic mass is 10.1. The Bertz CT molecular complexity index is 1190. The fraction of sp³-hybridized carbons (Fsp3) is 0.179. The summed E-state index contributed by atoms with van der Waals surface area (Å²) in [6.45, 7) is 1.05. The van der Waals surface area contributed by atoms with Gasteiger partial charge in [-0.05, 0) is 65.7 Å². The number of carbonyl (C=O) groups is 2. The second-order valence-corrected chi connectivity index (χ2v) is 7.85. The van der Waals surface area contributed by atoms with Crippen LogP contribution in [-0.4, -0.2) is 32.5 Å². The van der Waals surface area contributed by atoms with Gasteiger partial charge in [-0.2, -0.15) is 5.26 Å². The molecule has 0 bridgehead atoms. The minimum atomic E-state index is -0.332. The molecule has 0 atom stereocenters. The monoisotopic (exact) mass is 468 g/mol. The first kappa shape index (κ1) is 25.1. The number of carbonyl (C=O) groups excluding carboxylic acids is 2. The third kappa shape index (κ3) is 7.76. The SMILES string of the molecule is COc1ccc(CNC(=O)Nc2ccc(C(=O)/C=C/c3ccc(N(C)CCC#N)cc3)cc2)cc1. The number of hydrogen-bond acceptors (Lipinski definition) is 5. The Morgan fingerprint density at radius 1 is 1.00 bits per heavy atom. The molecule has 2 amide bonds. The number of urea groups is 1. The molecular weight excluding hydrogens is 440 g/mol. The Hall–Kier alpha value is -4.57. The molecule has 0 unspecified atom stereocenters. The van der Waals surface area contributed by atoms with Crippen LogP contribution in [0.4, 0.5) is 16.2 Å². The van der Waals surface area contributed by atoms with E-state index >= 15 is 0 Å². The Morgan fingerprint density at radius 3 is 2.31 bits per heavy atom. The number of allylic oxidation sites excluding steroid dienone is 1. The molecule has 0 aliphatic carbocycles. The summed E-state index contributed by atoms with van der Waals surface area (Å²) in [4.78, 5) is 26.7. The Kier molecular flexibility index (Phi) is 9.03. The number of nitrogens with one attached hydrogen (secondary N) is 2. The molecule has 0 aliphatic rings. The number of rotatable bonds is 10. The van der Waals surface area contributed by atoms with Gasteiger partial charge < -0.3 is 20.3 Å². The van der Waals surface area contributed by atoms with Crippen LogP contribution in [0.2, 0.25) is 0 Å². The molecule has 0 saturated heterocycles. The van der Waals surface area contributed by atoms with Gasteiger partial charge in [-0.1, -0.05) is 30.3 Å². The van der Waals surface area contributed by atoms with Crippen molar-refractivity contribution in [2.45, 2.75) is 13.0 Å². The maximum atomic E-state index is 12.5. The van der Waals surface area contributed by atoms with Crippen LogP contribution in [0.5, 0.6) is 5.75 Å². The van der Waals surface area contributed by atoms with Crippen molar-refractivity contribution in [2.75, 3.05) is 30.9 Å². The summed E-state index contributed by atoms with van der Waals surface area (Å²) < 4.78 is 5.12. The third-order valence-electron chi connectivity index (χ3n) is 5.36. The number of nitrogens with zero attached hydrogens (tertiary/aromatic N) is 2. The van der Waals surface area contributed by atoms with Gasteiger partial charge in [-0.15, -0.1) is 0 Å². The highest BCUT2D eigenvalue weighted by Crippen LogP contribution is 2.16. The number of nitriles is 1. The molecule has 0 radical (unpaired) electrons. The molecule has 0 fully saturated rings. The molecular formula is C28H28N4O3. The lowest BCUT2D eigenvalue weighted by Crippen LogP contribution is -2.28. The molecule has 3 rings (SSSR count). The fourth-order valence-electron chi connectivity index (χ4n) is 3.27. The van der Waals surface area contributed by atoms with E-state index < -0.39 is 0 Å². The zero-order valence-electron chi connectivity index (χ0n) is 19.8. The molecule has 2 N–H and O–H groups in total. The highest BCUT2D eigenvalue weighted by Gasteiger charge is 2.06. The zero-order chi connectivity index (χ0) is 25.0. The predicted octanol–water partition coefficient (Wildman–Crippen LogP) is 5.26. The van der Waals surface area contributed by atoms with Crippen LogP contribution in [-0.2, 0) is 6.54 Å². The van der Waals surface area contributed by atoms with Crippen LogP contribution in [0, 0.1) is 11.3 Å². The lowest BCUT2D eigenvalue weighted by Gasteiger charge is -2.17. The number of methoxy groups -OCH3 is 1. The highest BCUT2D eigenvalue weighted by atomic mass is 16.5. The summed E-state index contributed by atoms with van der Waals surface area (Å²) >= 11 is 0. The molecule has 7 heteroatoms. The van der Waals surface area contributed by atoms with Gasteiger partial charge in [-0.3, -0.25) is 4.79 Å². The lowest BCUT2D eigenvalue weighted by molar-refractivity contribution is 0.104. The first-order chi connectivity index (χ1) is 17.0. The number of benzene rings is 3. The summed E-state index contributed by atoms with van der Waals surface area (Å²) in [5.41, 5.74) is 3.99. The van der Waals surface area contributed by atoms with Gasteiger partial charge in [-0.25, -0.2) is 4.79 Å². The number of anilines is 2. The van der Waals surface area contributed by atoms with Crippen LogP contribution in [0.15, 0.2) is 78.9 Å². The van der Waals surface area contributed by atoms with Crippen molar-refractivity contribution < 1.29 is 14.3 Å². The van der Waals surface area contributed by atoms with Crippen LogP contribution in [0.25, 0.3) is 6.08 Å². The van der Waals surface area contributed by atoms with Crippen LogP contribution >= 0.6 is 0 Å². The van der Waals surface area contributed by atoms with Crippen molar-refractivity contribution in [1.82, 2.24) is 5.32 Å². The van der Waals surface area contributed by atoms with E-state index in [0.29, 0.717) is 30.8 Å². The molecule has 0 spiro atoms. The van der Waals surface area contributed by atoms with Crippen molar-refractivity contribution in [3.05, 3.63) is 95.6 Å². The van der Waals surface area contributed by atoms with Crippen molar-refractivity contribution >= 4 is 29.3 Å². The first-order valence-corrected chi connectivity index (χ1v) is 11.2. The van der Waals surface area contributed by atoms with E-state index in [2.05, 4.69) is 16.7 Å². The van der Waals surface area contributed by atoms with Gasteiger partial charge in [0.25, 0.3) is 0 Å². The van der Waals surface area contributed by atoms with Gasteiger partial charge in [0.15, 0.2) is 5.78 Å². The summed E-state index contributed by atoms with van der Waals surface area (Å²) in [6.07, 6.45) is 3.76. The largest absolute Gasteiger partial charge is 0.497 e. The van der Waals surface area contributed by atoms with Crippen LogP contribution in [0.3, 0.4) is 0 Å². The summed E-state index contributed by atoms with van der Waals surface area (Å²) in [5.74, 6) is 0.632. The number of amides is 2. The maximum absolute atomic E-state index is 12.5. The first-order valence-electron chi connectivity index (χ1n) is 11.2. The third-order valence-corrected chi connectivity index (χ3v) is 5.36. The second kappa shape index (κ2) is 12.6. The van der Waals surface area contributed by atoms with Gasteiger partial charge in [0.1, 0.15) is 5.75 Å². The average Bonchev–Trinajstić information content (AvgIpc) is 2.90. The van der Waals surface area contributed by atoms with Gasteiger partial charge in [0.05, 0.1) is 19.6 Å². The van der Waals surface area contributed by atoms with Crippen molar-refractivity contribution in [1.29, 1.82) is 5.26 Å². The minimum Gasteiger partial charge on any atom is -0.497 e. The molecule has 3 aromatic carbocycles. The smallest absolute Gasteiger partial charge is 0.319 e. The quantitative estimate of drug-likeness (QED) is 0.313. The highest BCUT2D eigenvalue weighted by molar-refractivity contribution is 6.07. The van der Waals surface area contributed by atoms with E-state index in [9.17, 15) is 9.59 Å². The van der Waals surface area contributed by atoms with Gasteiger partial charge in [0.2, 0.25) is 0 Å². The summed E-state index contributed by atoms with van der Waals surface area (Å²) in [7, 11) is 3.55. The van der Waals surface area contributed by atoms with Gasteiger partial charge >= 0.3 is 6.03 Å².